The Hall–Kier alpha value is -2.93. The second-order valence-electron chi connectivity index (χ2n) is 6.07. The van der Waals surface area contributed by atoms with Crippen molar-refractivity contribution in [2.24, 2.45) is 0 Å². The average Bonchev–Trinajstić information content (AvgIpc) is 3.11. The van der Waals surface area contributed by atoms with Crippen LogP contribution in [0.15, 0.2) is 59.2 Å². The number of nitrogens with zero attached hydrogens (tertiary/aromatic N) is 2. The molecule has 0 fully saturated rings. The van der Waals surface area contributed by atoms with E-state index in [0.717, 1.165) is 22.6 Å². The first-order valence-electron chi connectivity index (χ1n) is 8.34. The van der Waals surface area contributed by atoms with Gasteiger partial charge in [0.05, 0.1) is 12.8 Å². The minimum absolute atomic E-state index is 0.150. The van der Waals surface area contributed by atoms with Crippen molar-refractivity contribution in [1.29, 1.82) is 0 Å². The van der Waals surface area contributed by atoms with E-state index < -0.39 is 6.61 Å². The number of rotatable bonds is 8. The van der Waals surface area contributed by atoms with Crippen LogP contribution in [0.25, 0.3) is 11.5 Å². The average molecular weight is 374 g/mol. The lowest BCUT2D eigenvalue weighted by Gasteiger charge is -2.15. The molecule has 0 radical (unpaired) electrons. The molecule has 5 nitrogen and oxygen atoms in total. The van der Waals surface area contributed by atoms with E-state index in [1.165, 1.54) is 12.1 Å². The van der Waals surface area contributed by atoms with Crippen LogP contribution in [0.3, 0.4) is 0 Å². The second kappa shape index (κ2) is 8.64. The van der Waals surface area contributed by atoms with Crippen molar-refractivity contribution in [2.45, 2.75) is 19.7 Å². The van der Waals surface area contributed by atoms with Crippen LogP contribution in [-0.2, 0) is 13.1 Å². The minimum Gasteiger partial charge on any atom is -0.497 e. The lowest BCUT2D eigenvalue weighted by Crippen LogP contribution is -2.17. The van der Waals surface area contributed by atoms with Crippen LogP contribution < -0.4 is 9.47 Å². The van der Waals surface area contributed by atoms with Crippen molar-refractivity contribution < 1.29 is 22.7 Å². The number of ether oxygens (including phenoxy) is 2. The molecule has 27 heavy (non-hydrogen) atoms. The van der Waals surface area contributed by atoms with Gasteiger partial charge in [-0.05, 0) is 49.0 Å². The van der Waals surface area contributed by atoms with Crippen LogP contribution in [0.2, 0.25) is 0 Å². The van der Waals surface area contributed by atoms with Crippen LogP contribution in [0.1, 0.15) is 11.3 Å². The third-order valence-corrected chi connectivity index (χ3v) is 3.92. The standard InChI is InChI=1S/C20H20F2N2O3/c1-24(11-14-3-7-18(8-4-14)27-20(21)22)12-16-13-26-19(23-16)15-5-9-17(25-2)10-6-15/h3-10,13,20H,11-12H2,1-2H3. The molecule has 0 aliphatic rings. The van der Waals surface area contributed by atoms with Gasteiger partial charge < -0.3 is 13.9 Å². The minimum atomic E-state index is -2.81. The highest BCUT2D eigenvalue weighted by Crippen LogP contribution is 2.22. The third-order valence-electron chi connectivity index (χ3n) is 3.92. The molecule has 142 valence electrons. The van der Waals surface area contributed by atoms with Gasteiger partial charge in [-0.3, -0.25) is 4.90 Å². The van der Waals surface area contributed by atoms with Crippen molar-refractivity contribution in [2.75, 3.05) is 14.2 Å². The molecule has 0 aliphatic carbocycles. The van der Waals surface area contributed by atoms with E-state index in [0.29, 0.717) is 19.0 Å². The van der Waals surface area contributed by atoms with Crippen LogP contribution in [-0.4, -0.2) is 30.7 Å². The van der Waals surface area contributed by atoms with Gasteiger partial charge in [0, 0.05) is 18.7 Å². The number of benzene rings is 2. The number of halogens is 2. The molecule has 0 spiro atoms. The highest BCUT2D eigenvalue weighted by molar-refractivity contribution is 5.54. The largest absolute Gasteiger partial charge is 0.497 e. The zero-order valence-corrected chi connectivity index (χ0v) is 15.1. The van der Waals surface area contributed by atoms with Crippen molar-refractivity contribution in [1.82, 2.24) is 9.88 Å². The summed E-state index contributed by atoms with van der Waals surface area (Å²) in [5, 5.41) is 0. The molecule has 0 unspecified atom stereocenters. The van der Waals surface area contributed by atoms with E-state index in [4.69, 9.17) is 9.15 Å². The van der Waals surface area contributed by atoms with Crippen LogP contribution in [0, 0.1) is 0 Å². The predicted octanol–water partition coefficient (Wildman–Crippen LogP) is 4.58. The highest BCUT2D eigenvalue weighted by Gasteiger charge is 2.10. The molecule has 1 aromatic heterocycles. The summed E-state index contributed by atoms with van der Waals surface area (Å²) in [5.74, 6) is 1.47. The maximum atomic E-state index is 12.2. The van der Waals surface area contributed by atoms with Gasteiger partial charge in [-0.15, -0.1) is 0 Å². The fourth-order valence-corrected chi connectivity index (χ4v) is 2.67. The number of oxazole rings is 1. The van der Waals surface area contributed by atoms with E-state index in [9.17, 15) is 8.78 Å². The fraction of sp³-hybridized carbons (Fsp3) is 0.250. The third kappa shape index (κ3) is 5.27. The lowest BCUT2D eigenvalue weighted by atomic mass is 10.2. The molecule has 0 bridgehead atoms. The topological polar surface area (TPSA) is 47.7 Å². The summed E-state index contributed by atoms with van der Waals surface area (Å²) in [4.78, 5) is 6.57. The molecule has 1 heterocycles. The van der Waals surface area contributed by atoms with Gasteiger partial charge in [0.1, 0.15) is 17.8 Å². The number of alkyl halides is 2. The van der Waals surface area contributed by atoms with Crippen molar-refractivity contribution in [3.8, 4) is 23.0 Å². The van der Waals surface area contributed by atoms with Crippen LogP contribution in [0.5, 0.6) is 11.5 Å². The van der Waals surface area contributed by atoms with E-state index in [2.05, 4.69) is 14.6 Å². The quantitative estimate of drug-likeness (QED) is 0.577. The zero-order chi connectivity index (χ0) is 19.2. The monoisotopic (exact) mass is 374 g/mol. The Morgan fingerprint density at radius 1 is 1.00 bits per heavy atom. The zero-order valence-electron chi connectivity index (χ0n) is 15.1. The first kappa shape index (κ1) is 18.8. The molecule has 7 heteroatoms. The first-order chi connectivity index (χ1) is 13.0. The molecule has 3 rings (SSSR count). The normalized spacial score (nSPS) is 11.2. The summed E-state index contributed by atoms with van der Waals surface area (Å²) < 4.78 is 39.4. The number of aromatic nitrogens is 1. The Labute approximate surface area is 156 Å². The Kier molecular flexibility index (Phi) is 6.03. The summed E-state index contributed by atoms with van der Waals surface area (Å²) in [6, 6.07) is 14.1. The highest BCUT2D eigenvalue weighted by atomic mass is 19.3. The van der Waals surface area contributed by atoms with Crippen molar-refractivity contribution in [3.63, 3.8) is 0 Å². The van der Waals surface area contributed by atoms with E-state index in [-0.39, 0.29) is 5.75 Å². The summed E-state index contributed by atoms with van der Waals surface area (Å²) in [6.45, 7) is -1.58. The Balaban J connectivity index is 1.57. The molecule has 2 aromatic carbocycles. The summed E-state index contributed by atoms with van der Waals surface area (Å²) in [6.07, 6.45) is 1.63. The number of hydrogen-bond acceptors (Lipinski definition) is 5. The van der Waals surface area contributed by atoms with Gasteiger partial charge in [0.2, 0.25) is 5.89 Å². The molecule has 0 N–H and O–H groups in total. The van der Waals surface area contributed by atoms with Gasteiger partial charge >= 0.3 is 6.61 Å². The molecule has 0 saturated carbocycles. The molecule has 0 aliphatic heterocycles. The Bertz CT molecular complexity index is 848. The second-order valence-corrected chi connectivity index (χ2v) is 6.07. The van der Waals surface area contributed by atoms with Crippen LogP contribution in [0.4, 0.5) is 8.78 Å². The first-order valence-corrected chi connectivity index (χ1v) is 8.34. The molecule has 0 saturated heterocycles. The SMILES string of the molecule is COc1ccc(-c2nc(CN(C)Cc3ccc(OC(F)F)cc3)co2)cc1. The molecule has 0 atom stereocenters. The van der Waals surface area contributed by atoms with Gasteiger partial charge in [0.25, 0.3) is 0 Å². The van der Waals surface area contributed by atoms with Gasteiger partial charge in [0.15, 0.2) is 0 Å². The fourth-order valence-electron chi connectivity index (χ4n) is 2.67. The van der Waals surface area contributed by atoms with Gasteiger partial charge in [-0.25, -0.2) is 4.98 Å². The summed E-state index contributed by atoms with van der Waals surface area (Å²) >= 11 is 0. The predicted molar refractivity (Wildman–Crippen MR) is 96.7 cm³/mol. The Morgan fingerprint density at radius 2 is 1.67 bits per heavy atom. The maximum Gasteiger partial charge on any atom is 0.387 e. The summed E-state index contributed by atoms with van der Waals surface area (Å²) in [7, 11) is 3.57. The summed E-state index contributed by atoms with van der Waals surface area (Å²) in [5.41, 5.74) is 2.67. The number of hydrogen-bond donors (Lipinski definition) is 0. The lowest BCUT2D eigenvalue weighted by molar-refractivity contribution is -0.0498. The van der Waals surface area contributed by atoms with Gasteiger partial charge in [-0.2, -0.15) is 8.78 Å². The molecular weight excluding hydrogens is 354 g/mol. The van der Waals surface area contributed by atoms with Crippen molar-refractivity contribution in [3.05, 3.63) is 66.1 Å². The smallest absolute Gasteiger partial charge is 0.387 e. The number of methoxy groups -OCH3 is 1. The van der Waals surface area contributed by atoms with Gasteiger partial charge in [-0.1, -0.05) is 12.1 Å². The van der Waals surface area contributed by atoms with E-state index >= 15 is 0 Å². The van der Waals surface area contributed by atoms with E-state index in [1.807, 2.05) is 31.3 Å². The Morgan fingerprint density at radius 3 is 2.30 bits per heavy atom. The van der Waals surface area contributed by atoms with E-state index in [1.54, 1.807) is 25.5 Å². The molecule has 0 amide bonds. The molecular formula is C20H20F2N2O3. The van der Waals surface area contributed by atoms with Crippen molar-refractivity contribution >= 4 is 0 Å². The molecule has 3 aromatic rings. The maximum absolute atomic E-state index is 12.2. The van der Waals surface area contributed by atoms with Crippen LogP contribution >= 0.6 is 0 Å².